The van der Waals surface area contributed by atoms with Crippen LogP contribution in [0.25, 0.3) is 0 Å². The predicted molar refractivity (Wildman–Crippen MR) is 80.6 cm³/mol. The number of nitrogen functional groups attached to an aromatic ring is 1. The lowest BCUT2D eigenvalue weighted by Gasteiger charge is -2.10. The van der Waals surface area contributed by atoms with Gasteiger partial charge in [-0.15, -0.1) is 0 Å². The zero-order chi connectivity index (χ0) is 14.4. The molecule has 0 spiro atoms. The van der Waals surface area contributed by atoms with Crippen molar-refractivity contribution in [2.75, 3.05) is 17.7 Å². The SMILES string of the molecule is CCOC(=O)c1cc(NCc2ccccc2)ccc1N. The molecule has 4 nitrogen and oxygen atoms in total. The normalized spacial score (nSPS) is 10.1. The van der Waals surface area contributed by atoms with E-state index in [0.717, 1.165) is 5.69 Å². The van der Waals surface area contributed by atoms with Crippen LogP contribution in [0.3, 0.4) is 0 Å². The molecule has 0 aliphatic carbocycles. The maximum Gasteiger partial charge on any atom is 0.340 e. The fourth-order valence-corrected chi connectivity index (χ4v) is 1.85. The molecule has 0 bridgehead atoms. The van der Waals surface area contributed by atoms with Crippen molar-refractivity contribution in [3.8, 4) is 0 Å². The van der Waals surface area contributed by atoms with Gasteiger partial charge in [-0.3, -0.25) is 0 Å². The van der Waals surface area contributed by atoms with Crippen molar-refractivity contribution in [2.45, 2.75) is 13.5 Å². The van der Waals surface area contributed by atoms with E-state index in [0.29, 0.717) is 24.4 Å². The van der Waals surface area contributed by atoms with E-state index >= 15 is 0 Å². The Morgan fingerprint density at radius 3 is 2.65 bits per heavy atom. The van der Waals surface area contributed by atoms with Gasteiger partial charge in [-0.2, -0.15) is 0 Å². The second kappa shape index (κ2) is 6.61. The van der Waals surface area contributed by atoms with Gasteiger partial charge in [0.05, 0.1) is 12.2 Å². The van der Waals surface area contributed by atoms with Crippen LogP contribution in [-0.2, 0) is 11.3 Å². The van der Waals surface area contributed by atoms with Crippen LogP contribution >= 0.6 is 0 Å². The molecule has 20 heavy (non-hydrogen) atoms. The van der Waals surface area contributed by atoms with E-state index < -0.39 is 5.97 Å². The van der Waals surface area contributed by atoms with Crippen LogP contribution in [0.2, 0.25) is 0 Å². The predicted octanol–water partition coefficient (Wildman–Crippen LogP) is 3.06. The number of carbonyl (C=O) groups excluding carboxylic acids is 1. The van der Waals surface area contributed by atoms with Crippen molar-refractivity contribution in [3.63, 3.8) is 0 Å². The molecule has 0 fully saturated rings. The molecular formula is C16H18N2O2. The summed E-state index contributed by atoms with van der Waals surface area (Å²) >= 11 is 0. The first kappa shape index (κ1) is 13.9. The molecule has 4 heteroatoms. The molecule has 0 saturated carbocycles. The van der Waals surface area contributed by atoms with Crippen molar-refractivity contribution in [1.29, 1.82) is 0 Å². The number of nitrogens with two attached hydrogens (primary N) is 1. The van der Waals surface area contributed by atoms with E-state index in [4.69, 9.17) is 10.5 Å². The summed E-state index contributed by atoms with van der Waals surface area (Å²) in [5.74, 6) is -0.395. The molecule has 2 rings (SSSR count). The Balaban J connectivity index is 2.09. The van der Waals surface area contributed by atoms with Crippen LogP contribution in [0.5, 0.6) is 0 Å². The number of benzene rings is 2. The highest BCUT2D eigenvalue weighted by Gasteiger charge is 2.11. The summed E-state index contributed by atoms with van der Waals surface area (Å²) in [5.41, 5.74) is 8.62. The summed E-state index contributed by atoms with van der Waals surface area (Å²) in [4.78, 5) is 11.8. The lowest BCUT2D eigenvalue weighted by atomic mass is 10.1. The standard InChI is InChI=1S/C16H18N2O2/c1-2-20-16(19)14-10-13(8-9-15(14)17)18-11-12-6-4-3-5-7-12/h3-10,18H,2,11,17H2,1H3. The van der Waals surface area contributed by atoms with E-state index in [2.05, 4.69) is 5.32 Å². The van der Waals surface area contributed by atoms with Crippen molar-refractivity contribution in [3.05, 3.63) is 59.7 Å². The summed E-state index contributed by atoms with van der Waals surface area (Å²) in [6, 6.07) is 15.3. The van der Waals surface area contributed by atoms with Gasteiger partial charge in [0.25, 0.3) is 0 Å². The van der Waals surface area contributed by atoms with E-state index in [1.807, 2.05) is 36.4 Å². The number of anilines is 2. The molecule has 0 radical (unpaired) electrons. The first-order chi connectivity index (χ1) is 9.70. The van der Waals surface area contributed by atoms with Gasteiger partial charge in [-0.1, -0.05) is 30.3 Å². The molecule has 0 amide bonds. The quantitative estimate of drug-likeness (QED) is 0.647. The van der Waals surface area contributed by atoms with E-state index in [-0.39, 0.29) is 0 Å². The van der Waals surface area contributed by atoms with E-state index in [1.165, 1.54) is 5.56 Å². The van der Waals surface area contributed by atoms with Crippen LogP contribution in [0, 0.1) is 0 Å². The third-order valence-corrected chi connectivity index (χ3v) is 2.89. The number of hydrogen-bond acceptors (Lipinski definition) is 4. The smallest absolute Gasteiger partial charge is 0.340 e. The Hall–Kier alpha value is -2.49. The van der Waals surface area contributed by atoms with E-state index in [1.54, 1.807) is 19.1 Å². The molecule has 0 aliphatic heterocycles. The van der Waals surface area contributed by atoms with Crippen molar-refractivity contribution in [2.24, 2.45) is 0 Å². The van der Waals surface area contributed by atoms with Gasteiger partial charge in [-0.05, 0) is 30.7 Å². The zero-order valence-corrected chi connectivity index (χ0v) is 11.4. The van der Waals surface area contributed by atoms with E-state index in [9.17, 15) is 4.79 Å². The second-order valence-electron chi connectivity index (χ2n) is 4.36. The molecule has 104 valence electrons. The number of esters is 1. The fraction of sp³-hybridized carbons (Fsp3) is 0.188. The first-order valence-corrected chi connectivity index (χ1v) is 6.55. The molecule has 2 aromatic carbocycles. The molecule has 0 heterocycles. The maximum atomic E-state index is 11.8. The van der Waals surface area contributed by atoms with Gasteiger partial charge in [0.1, 0.15) is 0 Å². The third kappa shape index (κ3) is 3.51. The van der Waals surface area contributed by atoms with Gasteiger partial charge in [0, 0.05) is 17.9 Å². The topological polar surface area (TPSA) is 64.3 Å². The number of rotatable bonds is 5. The minimum Gasteiger partial charge on any atom is -0.462 e. The Morgan fingerprint density at radius 1 is 1.20 bits per heavy atom. The summed E-state index contributed by atoms with van der Waals surface area (Å²) in [6.45, 7) is 2.79. The van der Waals surface area contributed by atoms with Crippen LogP contribution in [-0.4, -0.2) is 12.6 Å². The molecule has 0 aliphatic rings. The lowest BCUT2D eigenvalue weighted by molar-refractivity contribution is 0.0527. The van der Waals surface area contributed by atoms with Crippen molar-refractivity contribution >= 4 is 17.3 Å². The highest BCUT2D eigenvalue weighted by molar-refractivity contribution is 5.96. The monoisotopic (exact) mass is 270 g/mol. The second-order valence-corrected chi connectivity index (χ2v) is 4.36. The highest BCUT2D eigenvalue weighted by atomic mass is 16.5. The highest BCUT2D eigenvalue weighted by Crippen LogP contribution is 2.19. The number of carbonyl (C=O) groups is 1. The number of hydrogen-bond donors (Lipinski definition) is 2. The van der Waals surface area contributed by atoms with Crippen LogP contribution in [0.15, 0.2) is 48.5 Å². The van der Waals surface area contributed by atoms with Gasteiger partial charge >= 0.3 is 5.97 Å². The van der Waals surface area contributed by atoms with Crippen molar-refractivity contribution < 1.29 is 9.53 Å². The maximum absolute atomic E-state index is 11.8. The molecule has 0 saturated heterocycles. The van der Waals surface area contributed by atoms with Gasteiger partial charge < -0.3 is 15.8 Å². The summed E-state index contributed by atoms with van der Waals surface area (Å²) in [5, 5.41) is 3.26. The Labute approximate surface area is 118 Å². The zero-order valence-electron chi connectivity index (χ0n) is 11.4. The first-order valence-electron chi connectivity index (χ1n) is 6.55. The lowest BCUT2D eigenvalue weighted by Crippen LogP contribution is -2.09. The Morgan fingerprint density at radius 2 is 1.95 bits per heavy atom. The minimum absolute atomic E-state index is 0.333. The van der Waals surface area contributed by atoms with Gasteiger partial charge in [0.2, 0.25) is 0 Å². The van der Waals surface area contributed by atoms with Crippen LogP contribution in [0.4, 0.5) is 11.4 Å². The number of nitrogens with one attached hydrogen (secondary N) is 1. The molecule has 2 aromatic rings. The average Bonchev–Trinajstić information content (AvgIpc) is 2.47. The molecule has 0 aromatic heterocycles. The third-order valence-electron chi connectivity index (χ3n) is 2.89. The van der Waals surface area contributed by atoms with Gasteiger partial charge in [-0.25, -0.2) is 4.79 Å². The van der Waals surface area contributed by atoms with Crippen LogP contribution in [0.1, 0.15) is 22.8 Å². The molecule has 0 unspecified atom stereocenters. The van der Waals surface area contributed by atoms with Gasteiger partial charge in [0.15, 0.2) is 0 Å². The van der Waals surface area contributed by atoms with Crippen molar-refractivity contribution in [1.82, 2.24) is 0 Å². The fourth-order valence-electron chi connectivity index (χ4n) is 1.85. The summed E-state index contributed by atoms with van der Waals surface area (Å²) in [7, 11) is 0. The number of ether oxygens (including phenoxy) is 1. The van der Waals surface area contributed by atoms with Crippen LogP contribution < -0.4 is 11.1 Å². The molecule has 3 N–H and O–H groups in total. The molecule has 0 atom stereocenters. The summed E-state index contributed by atoms with van der Waals surface area (Å²) in [6.07, 6.45) is 0. The molecular weight excluding hydrogens is 252 g/mol. The largest absolute Gasteiger partial charge is 0.462 e. The Bertz CT molecular complexity index is 582. The average molecular weight is 270 g/mol. The summed E-state index contributed by atoms with van der Waals surface area (Å²) < 4.78 is 4.98. The Kier molecular flexibility index (Phi) is 4.60. The minimum atomic E-state index is -0.395.